The van der Waals surface area contributed by atoms with Gasteiger partial charge in [-0.05, 0) is 30.2 Å². The van der Waals surface area contributed by atoms with Crippen LogP contribution in [0.1, 0.15) is 16.7 Å². The molecule has 1 N–H and O–H groups in total. The van der Waals surface area contributed by atoms with Crippen molar-refractivity contribution >= 4 is 5.91 Å². The number of carbonyl (C=O) groups is 1. The molecule has 0 bridgehead atoms. The highest BCUT2D eigenvalue weighted by molar-refractivity contribution is 5.86. The number of nitriles is 1. The fraction of sp³-hybridized carbons (Fsp3) is 0.167. The first-order valence-electron chi connectivity index (χ1n) is 4.57. The van der Waals surface area contributed by atoms with E-state index in [0.29, 0.717) is 12.1 Å². The van der Waals surface area contributed by atoms with Crippen LogP contribution in [-0.2, 0) is 11.3 Å². The highest BCUT2D eigenvalue weighted by atomic mass is 16.1. The molecule has 0 radical (unpaired) electrons. The van der Waals surface area contributed by atoms with Gasteiger partial charge in [-0.25, -0.2) is 0 Å². The minimum Gasteiger partial charge on any atom is -0.348 e. The van der Waals surface area contributed by atoms with Crippen LogP contribution in [0.5, 0.6) is 0 Å². The summed E-state index contributed by atoms with van der Waals surface area (Å²) in [7, 11) is 0. The van der Waals surface area contributed by atoms with Gasteiger partial charge in [-0.15, -0.1) is 0 Å². The molecule has 0 aromatic heterocycles. The summed E-state index contributed by atoms with van der Waals surface area (Å²) in [5.74, 6) is -0.214. The zero-order valence-corrected chi connectivity index (χ0v) is 8.58. The lowest BCUT2D eigenvalue weighted by Crippen LogP contribution is -2.19. The quantitative estimate of drug-likeness (QED) is 0.754. The number of nitrogens with zero attached hydrogens (tertiary/aromatic N) is 1. The highest BCUT2D eigenvalue weighted by Crippen LogP contribution is 2.09. The Balaban J connectivity index is 2.75. The van der Waals surface area contributed by atoms with E-state index in [4.69, 9.17) is 5.26 Å². The molecule has 3 nitrogen and oxygen atoms in total. The van der Waals surface area contributed by atoms with Crippen molar-refractivity contribution in [3.05, 3.63) is 47.5 Å². The Bertz CT molecular complexity index is 430. The van der Waals surface area contributed by atoms with E-state index < -0.39 is 0 Å². The number of rotatable bonds is 3. The highest BCUT2D eigenvalue weighted by Gasteiger charge is 2.00. The van der Waals surface area contributed by atoms with Crippen LogP contribution in [0.4, 0.5) is 0 Å². The fourth-order valence-corrected chi connectivity index (χ4v) is 1.16. The van der Waals surface area contributed by atoms with Crippen molar-refractivity contribution in [1.82, 2.24) is 5.32 Å². The first kappa shape index (κ1) is 11.0. The number of aryl methyl sites for hydroxylation is 1. The Labute approximate surface area is 89.0 Å². The average Bonchev–Trinajstić information content (AvgIpc) is 2.27. The first-order valence-corrected chi connectivity index (χ1v) is 4.57. The van der Waals surface area contributed by atoms with Crippen LogP contribution in [0.3, 0.4) is 0 Å². The van der Waals surface area contributed by atoms with E-state index >= 15 is 0 Å². The third-order valence-electron chi connectivity index (χ3n) is 2.07. The first-order chi connectivity index (χ1) is 7.17. The molecule has 0 fully saturated rings. The van der Waals surface area contributed by atoms with Gasteiger partial charge in [0.15, 0.2) is 0 Å². The van der Waals surface area contributed by atoms with Gasteiger partial charge in [0.1, 0.15) is 0 Å². The van der Waals surface area contributed by atoms with Gasteiger partial charge in [0.05, 0.1) is 11.6 Å². The van der Waals surface area contributed by atoms with Crippen LogP contribution < -0.4 is 5.32 Å². The van der Waals surface area contributed by atoms with Crippen molar-refractivity contribution < 1.29 is 4.79 Å². The van der Waals surface area contributed by atoms with Crippen molar-refractivity contribution in [2.24, 2.45) is 0 Å². The maximum absolute atomic E-state index is 10.9. The van der Waals surface area contributed by atoms with Crippen LogP contribution in [0, 0.1) is 18.3 Å². The number of benzene rings is 1. The third kappa shape index (κ3) is 2.96. The number of carbonyl (C=O) groups excluding carboxylic acids is 1. The normalized spacial score (nSPS) is 9.07. The van der Waals surface area contributed by atoms with Crippen LogP contribution in [0.25, 0.3) is 0 Å². The SMILES string of the molecule is C=CC(=O)NCc1ccc(C)c(C#N)c1. The Kier molecular flexibility index (Phi) is 3.64. The van der Waals surface area contributed by atoms with E-state index in [1.54, 1.807) is 6.07 Å². The minimum atomic E-state index is -0.214. The molecule has 1 aromatic rings. The molecule has 15 heavy (non-hydrogen) atoms. The molecule has 1 amide bonds. The molecule has 3 heteroatoms. The predicted molar refractivity (Wildman–Crippen MR) is 57.9 cm³/mol. The van der Waals surface area contributed by atoms with E-state index in [2.05, 4.69) is 18.0 Å². The van der Waals surface area contributed by atoms with Gasteiger partial charge in [0.25, 0.3) is 0 Å². The van der Waals surface area contributed by atoms with E-state index in [-0.39, 0.29) is 5.91 Å². The summed E-state index contributed by atoms with van der Waals surface area (Å²) >= 11 is 0. The van der Waals surface area contributed by atoms with Crippen molar-refractivity contribution in [3.8, 4) is 6.07 Å². The molecule has 1 aromatic carbocycles. The smallest absolute Gasteiger partial charge is 0.243 e. The topological polar surface area (TPSA) is 52.9 Å². The van der Waals surface area contributed by atoms with Crippen molar-refractivity contribution in [2.75, 3.05) is 0 Å². The molecular formula is C12H12N2O. The molecule has 0 unspecified atom stereocenters. The average molecular weight is 200 g/mol. The summed E-state index contributed by atoms with van der Waals surface area (Å²) < 4.78 is 0. The van der Waals surface area contributed by atoms with Gasteiger partial charge >= 0.3 is 0 Å². The van der Waals surface area contributed by atoms with Gasteiger partial charge in [0, 0.05) is 6.54 Å². The summed E-state index contributed by atoms with van der Waals surface area (Å²) in [6.45, 7) is 5.65. The largest absolute Gasteiger partial charge is 0.348 e. The van der Waals surface area contributed by atoms with Crippen LogP contribution in [0.15, 0.2) is 30.9 Å². The molecule has 76 valence electrons. The lowest BCUT2D eigenvalue weighted by atomic mass is 10.1. The van der Waals surface area contributed by atoms with E-state index in [1.165, 1.54) is 6.08 Å². The molecular weight excluding hydrogens is 188 g/mol. The molecule has 0 aliphatic carbocycles. The minimum absolute atomic E-state index is 0.214. The second kappa shape index (κ2) is 4.97. The molecule has 0 aliphatic heterocycles. The second-order valence-electron chi connectivity index (χ2n) is 3.18. The fourth-order valence-electron chi connectivity index (χ4n) is 1.16. The third-order valence-corrected chi connectivity index (χ3v) is 2.07. The number of hydrogen-bond donors (Lipinski definition) is 1. The lowest BCUT2D eigenvalue weighted by Gasteiger charge is -2.04. The van der Waals surface area contributed by atoms with E-state index in [1.807, 2.05) is 19.1 Å². The second-order valence-corrected chi connectivity index (χ2v) is 3.18. The zero-order chi connectivity index (χ0) is 11.3. The van der Waals surface area contributed by atoms with Gasteiger partial charge in [0.2, 0.25) is 5.91 Å². The van der Waals surface area contributed by atoms with Crippen LogP contribution >= 0.6 is 0 Å². The van der Waals surface area contributed by atoms with E-state index in [0.717, 1.165) is 11.1 Å². The molecule has 0 spiro atoms. The van der Waals surface area contributed by atoms with Gasteiger partial charge in [-0.1, -0.05) is 18.7 Å². The summed E-state index contributed by atoms with van der Waals surface area (Å²) in [5, 5.41) is 11.5. The van der Waals surface area contributed by atoms with Gasteiger partial charge in [-0.2, -0.15) is 5.26 Å². The van der Waals surface area contributed by atoms with Gasteiger partial charge < -0.3 is 5.32 Å². The molecule has 0 heterocycles. The van der Waals surface area contributed by atoms with Crippen LogP contribution in [-0.4, -0.2) is 5.91 Å². The summed E-state index contributed by atoms with van der Waals surface area (Å²) in [4.78, 5) is 10.9. The maximum Gasteiger partial charge on any atom is 0.243 e. The Morgan fingerprint density at radius 3 is 3.00 bits per heavy atom. The summed E-state index contributed by atoms with van der Waals surface area (Å²) in [5.41, 5.74) is 2.49. The summed E-state index contributed by atoms with van der Waals surface area (Å²) in [6, 6.07) is 7.64. The van der Waals surface area contributed by atoms with E-state index in [9.17, 15) is 4.79 Å². The Hall–Kier alpha value is -2.08. The zero-order valence-electron chi connectivity index (χ0n) is 8.58. The predicted octanol–water partition coefficient (Wildman–Crippen LogP) is 1.67. The molecule has 0 atom stereocenters. The molecule has 0 saturated heterocycles. The summed E-state index contributed by atoms with van der Waals surface area (Å²) in [6.07, 6.45) is 1.22. The van der Waals surface area contributed by atoms with Gasteiger partial charge in [-0.3, -0.25) is 4.79 Å². The van der Waals surface area contributed by atoms with Crippen molar-refractivity contribution in [3.63, 3.8) is 0 Å². The molecule has 0 saturated carbocycles. The number of nitrogens with one attached hydrogen (secondary N) is 1. The van der Waals surface area contributed by atoms with Crippen LogP contribution in [0.2, 0.25) is 0 Å². The maximum atomic E-state index is 10.9. The Morgan fingerprint density at radius 2 is 2.40 bits per heavy atom. The number of hydrogen-bond acceptors (Lipinski definition) is 2. The Morgan fingerprint density at radius 1 is 1.67 bits per heavy atom. The molecule has 0 aliphatic rings. The lowest BCUT2D eigenvalue weighted by molar-refractivity contribution is -0.116. The van der Waals surface area contributed by atoms with Crippen molar-refractivity contribution in [1.29, 1.82) is 5.26 Å². The molecule has 1 rings (SSSR count). The standard InChI is InChI=1S/C12H12N2O/c1-3-12(15)14-8-10-5-4-9(2)11(6-10)7-13/h3-6H,1,8H2,2H3,(H,14,15). The number of amides is 1. The van der Waals surface area contributed by atoms with Crippen molar-refractivity contribution in [2.45, 2.75) is 13.5 Å². The monoisotopic (exact) mass is 200 g/mol.